The third-order valence-electron chi connectivity index (χ3n) is 8.33. The predicted octanol–water partition coefficient (Wildman–Crippen LogP) is 6.67. The number of carbonyl (C=O) groups excluding carboxylic acids is 1. The summed E-state index contributed by atoms with van der Waals surface area (Å²) < 4.78 is 49.0. The van der Waals surface area contributed by atoms with E-state index in [1.807, 2.05) is 0 Å². The second-order valence-corrected chi connectivity index (χ2v) is 10.8. The maximum Gasteiger partial charge on any atom is 0.420 e. The number of piperidine rings is 2. The van der Waals surface area contributed by atoms with Crippen molar-refractivity contribution in [2.45, 2.75) is 89.1 Å². The number of aliphatic carboxylic acids is 1. The first-order valence-electron chi connectivity index (χ1n) is 13.0. The number of rotatable bonds is 4. The lowest BCUT2D eigenvalue weighted by Crippen LogP contribution is -2.55. The summed E-state index contributed by atoms with van der Waals surface area (Å²) in [5, 5.41) is 9.85. The Balaban J connectivity index is 1.49. The van der Waals surface area contributed by atoms with Gasteiger partial charge in [-0.05, 0) is 92.7 Å². The summed E-state index contributed by atoms with van der Waals surface area (Å²) in [5.41, 5.74) is -0.639. The van der Waals surface area contributed by atoms with Gasteiger partial charge in [0.25, 0.3) is 5.91 Å². The van der Waals surface area contributed by atoms with Crippen molar-refractivity contribution in [3.05, 3.63) is 41.5 Å². The zero-order valence-corrected chi connectivity index (χ0v) is 20.4. The van der Waals surface area contributed by atoms with E-state index in [9.17, 15) is 27.9 Å². The lowest BCUT2D eigenvalue weighted by atomic mass is 9.78. The van der Waals surface area contributed by atoms with E-state index >= 15 is 0 Å². The fourth-order valence-corrected chi connectivity index (χ4v) is 6.41. The molecule has 2 saturated heterocycles. The number of fused-ring (bicyclic) bond motifs is 3. The van der Waals surface area contributed by atoms with Gasteiger partial charge in [-0.3, -0.25) is 9.59 Å². The van der Waals surface area contributed by atoms with E-state index in [2.05, 4.69) is 6.92 Å². The minimum absolute atomic E-state index is 0.0411. The zero-order valence-electron chi connectivity index (χ0n) is 20.4. The molecule has 2 bridgehead atoms. The van der Waals surface area contributed by atoms with Crippen LogP contribution in [0, 0.1) is 11.8 Å². The Morgan fingerprint density at radius 2 is 1.61 bits per heavy atom. The van der Waals surface area contributed by atoms with Gasteiger partial charge in [0.1, 0.15) is 11.3 Å². The topological polar surface area (TPSA) is 66.8 Å². The molecule has 2 atom stereocenters. The minimum atomic E-state index is -4.64. The van der Waals surface area contributed by atoms with E-state index in [1.165, 1.54) is 12.1 Å². The lowest BCUT2D eigenvalue weighted by molar-refractivity contribution is -0.145. The first kappa shape index (κ1) is 24.9. The zero-order chi connectivity index (χ0) is 25.6. The molecule has 2 aromatic rings. The number of hydrogen-bond acceptors (Lipinski definition) is 3. The summed E-state index contributed by atoms with van der Waals surface area (Å²) in [4.78, 5) is 26.9. The van der Waals surface area contributed by atoms with Gasteiger partial charge in [-0.2, -0.15) is 13.2 Å². The van der Waals surface area contributed by atoms with Crippen LogP contribution in [0.2, 0.25) is 0 Å². The third-order valence-corrected chi connectivity index (χ3v) is 8.33. The van der Waals surface area contributed by atoms with Crippen LogP contribution in [0.1, 0.15) is 80.6 Å². The summed E-state index contributed by atoms with van der Waals surface area (Å²) in [5.74, 6) is -1.29. The number of amides is 1. The molecule has 2 heterocycles. The van der Waals surface area contributed by atoms with Crippen LogP contribution >= 0.6 is 0 Å². The van der Waals surface area contributed by atoms with Gasteiger partial charge in [0, 0.05) is 17.6 Å². The average Bonchev–Trinajstić information content (AvgIpc) is 2.82. The van der Waals surface area contributed by atoms with Crippen molar-refractivity contribution in [3.8, 4) is 5.75 Å². The number of carboxylic acids is 1. The number of halogens is 3. The van der Waals surface area contributed by atoms with Crippen LogP contribution in [0.15, 0.2) is 30.3 Å². The molecule has 2 aromatic carbocycles. The summed E-state index contributed by atoms with van der Waals surface area (Å²) in [7, 11) is 0. The average molecular weight is 504 g/mol. The minimum Gasteiger partial charge on any atom is -0.490 e. The number of hydrogen-bond donors (Lipinski definition) is 1. The third kappa shape index (κ3) is 4.78. The number of carboxylic acid groups (broad SMARTS) is 1. The van der Waals surface area contributed by atoms with Crippen molar-refractivity contribution >= 4 is 22.6 Å². The van der Waals surface area contributed by atoms with Crippen LogP contribution in [-0.4, -0.2) is 40.1 Å². The molecule has 0 aromatic heterocycles. The quantitative estimate of drug-likeness (QED) is 0.506. The standard InChI is InChI=1S/C28H32F3NO4/c1-16-5-10-22(11-6-16)36-24-12-9-17-7-8-18(15-23(17)25(24)28(29,30)31)26(33)32-20-3-2-4-21(32)14-19(13-20)27(34)35/h7-9,12,15-16,19-22H,2-6,10-11,13-14H2,1H3,(H,34,35). The number of carbonyl (C=O) groups is 2. The van der Waals surface area contributed by atoms with Crippen LogP contribution in [-0.2, 0) is 11.0 Å². The van der Waals surface area contributed by atoms with Gasteiger partial charge in [-0.1, -0.05) is 19.1 Å². The van der Waals surface area contributed by atoms with E-state index in [4.69, 9.17) is 4.74 Å². The van der Waals surface area contributed by atoms with Crippen molar-refractivity contribution in [2.24, 2.45) is 11.8 Å². The van der Waals surface area contributed by atoms with Crippen molar-refractivity contribution in [3.63, 3.8) is 0 Å². The van der Waals surface area contributed by atoms with E-state index in [0.717, 1.165) is 32.1 Å². The number of alkyl halides is 3. The highest BCUT2D eigenvalue weighted by Gasteiger charge is 2.43. The van der Waals surface area contributed by atoms with Gasteiger partial charge in [-0.15, -0.1) is 0 Å². The molecule has 1 saturated carbocycles. The van der Waals surface area contributed by atoms with Gasteiger partial charge in [0.15, 0.2) is 0 Å². The predicted molar refractivity (Wildman–Crippen MR) is 129 cm³/mol. The van der Waals surface area contributed by atoms with Crippen LogP contribution in [0.25, 0.3) is 10.8 Å². The Labute approximate surface area is 208 Å². The molecule has 5 rings (SSSR count). The van der Waals surface area contributed by atoms with Crippen molar-refractivity contribution in [2.75, 3.05) is 0 Å². The number of benzene rings is 2. The normalized spacial score (nSPS) is 28.7. The van der Waals surface area contributed by atoms with Crippen molar-refractivity contribution in [1.29, 1.82) is 0 Å². The van der Waals surface area contributed by atoms with Gasteiger partial charge in [-0.25, -0.2) is 0 Å². The smallest absolute Gasteiger partial charge is 0.420 e. The molecule has 1 N–H and O–H groups in total. The summed E-state index contributed by atoms with van der Waals surface area (Å²) >= 11 is 0. The molecule has 8 heteroatoms. The summed E-state index contributed by atoms with van der Waals surface area (Å²) in [6, 6.07) is 7.09. The monoisotopic (exact) mass is 503 g/mol. The van der Waals surface area contributed by atoms with Gasteiger partial charge < -0.3 is 14.7 Å². The van der Waals surface area contributed by atoms with Crippen LogP contribution in [0.3, 0.4) is 0 Å². The second kappa shape index (κ2) is 9.60. The highest BCUT2D eigenvalue weighted by Crippen LogP contribution is 2.44. The highest BCUT2D eigenvalue weighted by atomic mass is 19.4. The number of ether oxygens (including phenoxy) is 1. The highest BCUT2D eigenvalue weighted by molar-refractivity contribution is 6.00. The maximum absolute atomic E-state index is 14.4. The fourth-order valence-electron chi connectivity index (χ4n) is 6.41. The molecular weight excluding hydrogens is 471 g/mol. The molecule has 0 radical (unpaired) electrons. The Morgan fingerprint density at radius 3 is 2.22 bits per heavy atom. The first-order chi connectivity index (χ1) is 17.1. The van der Waals surface area contributed by atoms with Crippen molar-refractivity contribution < 1.29 is 32.6 Å². The van der Waals surface area contributed by atoms with Gasteiger partial charge >= 0.3 is 12.1 Å². The van der Waals surface area contributed by atoms with Crippen LogP contribution < -0.4 is 4.74 Å². The molecule has 1 aliphatic carbocycles. The van der Waals surface area contributed by atoms with E-state index in [1.54, 1.807) is 23.1 Å². The Bertz CT molecular complexity index is 1140. The van der Waals surface area contributed by atoms with Gasteiger partial charge in [0.05, 0.1) is 12.0 Å². The molecule has 0 spiro atoms. The summed E-state index contributed by atoms with van der Waals surface area (Å²) in [6.07, 6.45) is 1.54. The van der Waals surface area contributed by atoms with E-state index in [-0.39, 0.29) is 40.8 Å². The molecular formula is C28H32F3NO4. The first-order valence-corrected chi connectivity index (χ1v) is 13.0. The Kier molecular flexibility index (Phi) is 6.64. The molecule has 36 heavy (non-hydrogen) atoms. The molecule has 5 nitrogen and oxygen atoms in total. The van der Waals surface area contributed by atoms with E-state index in [0.29, 0.717) is 37.0 Å². The molecule has 2 aliphatic heterocycles. The number of nitrogens with zero attached hydrogens (tertiary/aromatic N) is 1. The SMILES string of the molecule is CC1CCC(Oc2ccc3ccc(C(=O)N4C5CCCC4CC(C(=O)O)C5)cc3c2C(F)(F)F)CC1. The largest absolute Gasteiger partial charge is 0.490 e. The maximum atomic E-state index is 14.4. The van der Waals surface area contributed by atoms with Crippen molar-refractivity contribution in [1.82, 2.24) is 4.90 Å². The molecule has 3 fully saturated rings. The van der Waals surface area contributed by atoms with Gasteiger partial charge in [0.2, 0.25) is 0 Å². The Morgan fingerprint density at radius 1 is 0.972 bits per heavy atom. The van der Waals surface area contributed by atoms with E-state index < -0.39 is 23.6 Å². The lowest BCUT2D eigenvalue weighted by Gasteiger charge is -2.48. The fraction of sp³-hybridized carbons (Fsp3) is 0.571. The van der Waals surface area contributed by atoms with Crippen LogP contribution in [0.4, 0.5) is 13.2 Å². The second-order valence-electron chi connectivity index (χ2n) is 10.8. The molecule has 1 amide bonds. The molecule has 2 unspecified atom stereocenters. The molecule has 194 valence electrons. The molecule has 3 aliphatic rings. The Hall–Kier alpha value is -2.77. The summed E-state index contributed by atoms with van der Waals surface area (Å²) in [6.45, 7) is 2.14. The van der Waals surface area contributed by atoms with Crippen LogP contribution in [0.5, 0.6) is 5.75 Å².